The van der Waals surface area contributed by atoms with E-state index in [1.54, 1.807) is 24.0 Å². The molecule has 0 aliphatic heterocycles. The molecule has 0 unspecified atom stereocenters. The van der Waals surface area contributed by atoms with Crippen molar-refractivity contribution in [2.75, 3.05) is 7.11 Å². The lowest BCUT2D eigenvalue weighted by Crippen LogP contribution is -2.03. The molecule has 0 aliphatic carbocycles. The van der Waals surface area contributed by atoms with Crippen molar-refractivity contribution in [3.05, 3.63) is 23.7 Å². The second-order valence-electron chi connectivity index (χ2n) is 3.91. The predicted octanol–water partition coefficient (Wildman–Crippen LogP) is 1.81. The Hall–Kier alpha value is -2.11. The van der Waals surface area contributed by atoms with Crippen molar-refractivity contribution in [3.8, 4) is 11.6 Å². The number of rotatable bonds is 4. The highest BCUT2D eigenvalue weighted by molar-refractivity contribution is 5.87. The molecule has 0 spiro atoms. The maximum atomic E-state index is 11.6. The van der Waals surface area contributed by atoms with Crippen LogP contribution in [0.15, 0.2) is 16.7 Å². The zero-order valence-corrected chi connectivity index (χ0v) is 10.6. The molecule has 0 fully saturated rings. The molecule has 0 radical (unpaired) electrons. The molecule has 0 saturated carbocycles. The lowest BCUT2D eigenvalue weighted by Gasteiger charge is -1.95. The second-order valence-corrected chi connectivity index (χ2v) is 3.91. The predicted molar refractivity (Wildman–Crippen MR) is 64.0 cm³/mol. The first kappa shape index (κ1) is 12.3. The topological polar surface area (TPSA) is 70.2 Å². The second kappa shape index (κ2) is 5.03. The number of nitrogens with zero attached hydrogens (tertiary/aromatic N) is 3. The molecule has 96 valence electrons. The lowest BCUT2D eigenvalue weighted by molar-refractivity contribution is 0.0564. The van der Waals surface area contributed by atoms with Gasteiger partial charge in [0, 0.05) is 13.2 Å². The minimum Gasteiger partial charge on any atom is -0.463 e. The fraction of sp³-hybridized carbons (Fsp3) is 0.417. The highest BCUT2D eigenvalue weighted by atomic mass is 16.5. The summed E-state index contributed by atoms with van der Waals surface area (Å²) >= 11 is 0. The standard InChI is InChI=1S/C12H15N3O3/c1-4-5-8-10(12(16)17-3)18-11(13-8)9-6-7-15(2)14-9/h6-7H,4-5H2,1-3H3. The van der Waals surface area contributed by atoms with Gasteiger partial charge in [-0.1, -0.05) is 13.3 Å². The van der Waals surface area contributed by atoms with Crippen LogP contribution in [0.1, 0.15) is 29.6 Å². The van der Waals surface area contributed by atoms with Crippen molar-refractivity contribution in [1.82, 2.24) is 14.8 Å². The van der Waals surface area contributed by atoms with Crippen molar-refractivity contribution in [2.45, 2.75) is 19.8 Å². The van der Waals surface area contributed by atoms with Crippen LogP contribution in [0.3, 0.4) is 0 Å². The number of methoxy groups -OCH3 is 1. The lowest BCUT2D eigenvalue weighted by atomic mass is 10.2. The Morgan fingerprint density at radius 1 is 1.56 bits per heavy atom. The molecule has 6 nitrogen and oxygen atoms in total. The molecule has 0 saturated heterocycles. The van der Waals surface area contributed by atoms with E-state index in [1.165, 1.54) is 7.11 Å². The molecule has 0 atom stereocenters. The monoisotopic (exact) mass is 249 g/mol. The summed E-state index contributed by atoms with van der Waals surface area (Å²) in [5.41, 5.74) is 1.22. The normalized spacial score (nSPS) is 10.6. The molecule has 2 heterocycles. The molecule has 2 aromatic heterocycles. The molecule has 18 heavy (non-hydrogen) atoms. The average Bonchev–Trinajstić information content (AvgIpc) is 2.95. The van der Waals surface area contributed by atoms with Gasteiger partial charge in [0.2, 0.25) is 11.7 Å². The van der Waals surface area contributed by atoms with E-state index in [0.717, 1.165) is 6.42 Å². The number of carbonyl (C=O) groups excluding carboxylic acids is 1. The van der Waals surface area contributed by atoms with Gasteiger partial charge in [0.1, 0.15) is 5.69 Å². The minimum atomic E-state index is -0.506. The van der Waals surface area contributed by atoms with Crippen molar-refractivity contribution < 1.29 is 13.9 Å². The molecule has 2 aromatic rings. The van der Waals surface area contributed by atoms with E-state index in [4.69, 9.17) is 4.42 Å². The number of hydrogen-bond donors (Lipinski definition) is 0. The first-order chi connectivity index (χ1) is 8.65. The molecule has 0 aromatic carbocycles. The molecule has 2 rings (SSSR count). The van der Waals surface area contributed by atoms with E-state index in [2.05, 4.69) is 14.8 Å². The van der Waals surface area contributed by atoms with Crippen LogP contribution in [0.5, 0.6) is 0 Å². The van der Waals surface area contributed by atoms with Crippen LogP contribution in [0.25, 0.3) is 11.6 Å². The van der Waals surface area contributed by atoms with Crippen molar-refractivity contribution in [2.24, 2.45) is 7.05 Å². The van der Waals surface area contributed by atoms with E-state index < -0.39 is 5.97 Å². The zero-order valence-electron chi connectivity index (χ0n) is 10.6. The third-order valence-electron chi connectivity index (χ3n) is 2.49. The maximum absolute atomic E-state index is 11.6. The summed E-state index contributed by atoms with van der Waals surface area (Å²) in [5.74, 6) is 0.00702. The number of carbonyl (C=O) groups is 1. The largest absolute Gasteiger partial charge is 0.463 e. The van der Waals surface area contributed by atoms with E-state index in [-0.39, 0.29) is 5.76 Å². The maximum Gasteiger partial charge on any atom is 0.376 e. The summed E-state index contributed by atoms with van der Waals surface area (Å²) in [4.78, 5) is 15.9. The third-order valence-corrected chi connectivity index (χ3v) is 2.49. The van der Waals surface area contributed by atoms with Gasteiger partial charge >= 0.3 is 5.97 Å². The van der Waals surface area contributed by atoms with Crippen molar-refractivity contribution in [1.29, 1.82) is 0 Å². The van der Waals surface area contributed by atoms with Crippen LogP contribution >= 0.6 is 0 Å². The molecular formula is C12H15N3O3. The van der Waals surface area contributed by atoms with Crippen LogP contribution in [0.2, 0.25) is 0 Å². The van der Waals surface area contributed by atoms with E-state index >= 15 is 0 Å². The Labute approximate surface area is 105 Å². The van der Waals surface area contributed by atoms with Crippen molar-refractivity contribution >= 4 is 5.97 Å². The van der Waals surface area contributed by atoms with Crippen LogP contribution in [-0.2, 0) is 18.2 Å². The molecule has 0 amide bonds. The van der Waals surface area contributed by atoms with Crippen LogP contribution in [-0.4, -0.2) is 27.8 Å². The summed E-state index contributed by atoms with van der Waals surface area (Å²) in [5, 5.41) is 4.19. The molecule has 0 N–H and O–H groups in total. The van der Waals surface area contributed by atoms with Gasteiger partial charge in [-0.05, 0) is 12.5 Å². The summed E-state index contributed by atoms with van der Waals surface area (Å²) in [6.45, 7) is 2.01. The SMILES string of the molecule is CCCc1nc(-c2ccn(C)n2)oc1C(=O)OC. The van der Waals surface area contributed by atoms with Gasteiger partial charge in [0.15, 0.2) is 0 Å². The Morgan fingerprint density at radius 2 is 2.33 bits per heavy atom. The zero-order chi connectivity index (χ0) is 13.1. The van der Waals surface area contributed by atoms with E-state index in [1.807, 2.05) is 6.92 Å². The van der Waals surface area contributed by atoms with Crippen LogP contribution < -0.4 is 0 Å². The summed E-state index contributed by atoms with van der Waals surface area (Å²) in [6, 6.07) is 1.78. The Balaban J connectivity index is 2.41. The number of aryl methyl sites for hydroxylation is 2. The van der Waals surface area contributed by atoms with Gasteiger partial charge in [-0.2, -0.15) is 5.10 Å². The number of aromatic nitrogens is 3. The van der Waals surface area contributed by atoms with E-state index in [0.29, 0.717) is 23.7 Å². The molecule has 0 aliphatic rings. The Kier molecular flexibility index (Phi) is 3.45. The fourth-order valence-corrected chi connectivity index (χ4v) is 1.65. The summed E-state index contributed by atoms with van der Waals surface area (Å²) in [7, 11) is 3.13. The Bertz CT molecular complexity index is 557. The Morgan fingerprint density at radius 3 is 2.89 bits per heavy atom. The number of hydrogen-bond acceptors (Lipinski definition) is 5. The highest BCUT2D eigenvalue weighted by Crippen LogP contribution is 2.22. The van der Waals surface area contributed by atoms with Gasteiger partial charge in [-0.15, -0.1) is 0 Å². The highest BCUT2D eigenvalue weighted by Gasteiger charge is 2.21. The van der Waals surface area contributed by atoms with Crippen LogP contribution in [0, 0.1) is 0 Å². The smallest absolute Gasteiger partial charge is 0.376 e. The first-order valence-corrected chi connectivity index (χ1v) is 5.73. The van der Waals surface area contributed by atoms with Gasteiger partial charge in [0.25, 0.3) is 0 Å². The third kappa shape index (κ3) is 2.27. The number of oxazole rings is 1. The van der Waals surface area contributed by atoms with Gasteiger partial charge in [0.05, 0.1) is 12.8 Å². The van der Waals surface area contributed by atoms with Crippen molar-refractivity contribution in [3.63, 3.8) is 0 Å². The van der Waals surface area contributed by atoms with Gasteiger partial charge in [-0.25, -0.2) is 9.78 Å². The number of esters is 1. The molecule has 0 bridgehead atoms. The number of ether oxygens (including phenoxy) is 1. The quantitative estimate of drug-likeness (QED) is 0.773. The molecule has 6 heteroatoms. The van der Waals surface area contributed by atoms with Gasteiger partial charge in [-0.3, -0.25) is 4.68 Å². The van der Waals surface area contributed by atoms with Gasteiger partial charge < -0.3 is 9.15 Å². The summed E-state index contributed by atoms with van der Waals surface area (Å²) in [6.07, 6.45) is 3.33. The summed E-state index contributed by atoms with van der Waals surface area (Å²) < 4.78 is 11.8. The fourth-order valence-electron chi connectivity index (χ4n) is 1.65. The first-order valence-electron chi connectivity index (χ1n) is 5.73. The minimum absolute atomic E-state index is 0.167. The van der Waals surface area contributed by atoms with E-state index in [9.17, 15) is 4.79 Å². The van der Waals surface area contributed by atoms with Crippen LogP contribution in [0.4, 0.5) is 0 Å². The average molecular weight is 249 g/mol. The molecular weight excluding hydrogens is 234 g/mol.